The highest BCUT2D eigenvalue weighted by Crippen LogP contribution is 2.40. The van der Waals surface area contributed by atoms with E-state index in [-0.39, 0.29) is 28.1 Å². The van der Waals surface area contributed by atoms with E-state index >= 15 is 0 Å². The van der Waals surface area contributed by atoms with Gasteiger partial charge in [0.25, 0.3) is 5.91 Å². The van der Waals surface area contributed by atoms with E-state index in [0.29, 0.717) is 11.3 Å². The Bertz CT molecular complexity index is 1290. The molecule has 0 bridgehead atoms. The summed E-state index contributed by atoms with van der Waals surface area (Å²) in [6.07, 6.45) is 0. The molecule has 0 unspecified atom stereocenters. The largest absolute Gasteiger partial charge is 0.450 e. The second kappa shape index (κ2) is 5.88. The SMILES string of the molecule is Cc1cc(N2C(=O)c3oc4ccc(F)cc4c(=O)c3[C@H]2c2ccccc2)no1. The lowest BCUT2D eigenvalue weighted by Crippen LogP contribution is -2.29. The zero-order valence-corrected chi connectivity index (χ0v) is 14.7. The molecular formula is C21H13FN2O4. The zero-order chi connectivity index (χ0) is 19.4. The normalized spacial score (nSPS) is 16.0. The minimum atomic E-state index is -0.753. The molecule has 0 saturated carbocycles. The van der Waals surface area contributed by atoms with Crippen LogP contribution < -0.4 is 10.3 Å². The Morgan fingerprint density at radius 1 is 1.07 bits per heavy atom. The topological polar surface area (TPSA) is 76.6 Å². The van der Waals surface area contributed by atoms with Gasteiger partial charge >= 0.3 is 0 Å². The quantitative estimate of drug-likeness (QED) is 0.529. The van der Waals surface area contributed by atoms with Crippen LogP contribution in [0.2, 0.25) is 0 Å². The summed E-state index contributed by atoms with van der Waals surface area (Å²) in [6, 6.07) is 13.6. The molecule has 1 atom stereocenters. The molecular weight excluding hydrogens is 363 g/mol. The highest BCUT2D eigenvalue weighted by molar-refractivity contribution is 6.10. The fraction of sp³-hybridized carbons (Fsp3) is 0.0952. The van der Waals surface area contributed by atoms with Crippen molar-refractivity contribution in [2.45, 2.75) is 13.0 Å². The predicted molar refractivity (Wildman–Crippen MR) is 98.8 cm³/mol. The molecule has 1 aliphatic rings. The highest BCUT2D eigenvalue weighted by Gasteiger charge is 2.44. The first-order valence-electron chi connectivity index (χ1n) is 8.62. The van der Waals surface area contributed by atoms with Gasteiger partial charge in [0.1, 0.15) is 17.2 Å². The number of amides is 1. The lowest BCUT2D eigenvalue weighted by Gasteiger charge is -2.22. The van der Waals surface area contributed by atoms with Crippen molar-refractivity contribution in [3.8, 4) is 0 Å². The molecule has 0 spiro atoms. The first kappa shape index (κ1) is 16.4. The number of rotatable bonds is 2. The van der Waals surface area contributed by atoms with Gasteiger partial charge in [0.05, 0.1) is 17.0 Å². The third-order valence-corrected chi connectivity index (χ3v) is 4.81. The summed E-state index contributed by atoms with van der Waals surface area (Å²) in [5, 5.41) is 4.04. The molecule has 3 heterocycles. The number of nitrogens with zero attached hydrogens (tertiary/aromatic N) is 2. The van der Waals surface area contributed by atoms with Gasteiger partial charge in [0, 0.05) is 6.07 Å². The maximum absolute atomic E-state index is 13.7. The number of halogens is 1. The molecule has 0 N–H and O–H groups in total. The molecule has 4 aromatic rings. The molecule has 5 rings (SSSR count). The second-order valence-corrected chi connectivity index (χ2v) is 6.60. The number of hydrogen-bond donors (Lipinski definition) is 0. The van der Waals surface area contributed by atoms with E-state index in [2.05, 4.69) is 5.16 Å². The van der Waals surface area contributed by atoms with Crippen LogP contribution in [0.15, 0.2) is 68.3 Å². The minimum absolute atomic E-state index is 0.0707. The highest BCUT2D eigenvalue weighted by atomic mass is 19.1. The van der Waals surface area contributed by atoms with Crippen molar-refractivity contribution in [3.05, 3.63) is 93.3 Å². The Hall–Kier alpha value is -3.74. The molecule has 2 aromatic heterocycles. The molecule has 0 fully saturated rings. The standard InChI is InChI=1S/C21H13FN2O4/c1-11-9-16(23-28-11)24-18(12-5-3-2-4-6-12)17-19(25)14-10-13(22)7-8-15(14)27-20(17)21(24)26/h2-10,18H,1H3/t18-/m1/s1. The van der Waals surface area contributed by atoms with Crippen molar-refractivity contribution in [2.75, 3.05) is 4.90 Å². The van der Waals surface area contributed by atoms with Gasteiger partial charge < -0.3 is 8.94 Å². The van der Waals surface area contributed by atoms with Gasteiger partial charge in [0.2, 0.25) is 5.76 Å². The van der Waals surface area contributed by atoms with Crippen LogP contribution >= 0.6 is 0 Å². The summed E-state index contributed by atoms with van der Waals surface area (Å²) in [6.45, 7) is 1.71. The molecule has 0 aliphatic carbocycles. The van der Waals surface area contributed by atoms with Crippen LogP contribution in [-0.2, 0) is 0 Å². The van der Waals surface area contributed by atoms with E-state index in [0.717, 1.165) is 6.07 Å². The number of hydrogen-bond acceptors (Lipinski definition) is 5. The predicted octanol–water partition coefficient (Wildman–Crippen LogP) is 3.98. The van der Waals surface area contributed by atoms with Crippen LogP contribution in [0.3, 0.4) is 0 Å². The molecule has 2 aromatic carbocycles. The van der Waals surface area contributed by atoms with Crippen molar-refractivity contribution < 1.29 is 18.1 Å². The van der Waals surface area contributed by atoms with Crippen LogP contribution in [0.4, 0.5) is 10.2 Å². The molecule has 6 nitrogen and oxygen atoms in total. The number of aryl methyl sites for hydroxylation is 1. The van der Waals surface area contributed by atoms with Gasteiger partial charge in [-0.15, -0.1) is 0 Å². The van der Waals surface area contributed by atoms with Gasteiger partial charge in [-0.1, -0.05) is 35.5 Å². The van der Waals surface area contributed by atoms with Crippen LogP contribution in [0.25, 0.3) is 11.0 Å². The number of aromatic nitrogens is 1. The first-order valence-corrected chi connectivity index (χ1v) is 8.62. The molecule has 1 aliphatic heterocycles. The Balaban J connectivity index is 1.84. The van der Waals surface area contributed by atoms with Gasteiger partial charge in [0.15, 0.2) is 11.2 Å². The summed E-state index contributed by atoms with van der Waals surface area (Å²) in [5.41, 5.74) is 0.581. The third kappa shape index (κ3) is 2.29. The molecule has 138 valence electrons. The number of carbonyl (C=O) groups is 1. The van der Waals surface area contributed by atoms with Crippen LogP contribution in [0.5, 0.6) is 0 Å². The average Bonchev–Trinajstić information content (AvgIpc) is 3.24. The minimum Gasteiger partial charge on any atom is -0.450 e. The van der Waals surface area contributed by atoms with E-state index in [4.69, 9.17) is 8.94 Å². The summed E-state index contributed by atoms with van der Waals surface area (Å²) in [7, 11) is 0. The molecule has 0 saturated heterocycles. The van der Waals surface area contributed by atoms with E-state index in [9.17, 15) is 14.0 Å². The van der Waals surface area contributed by atoms with Crippen molar-refractivity contribution in [2.24, 2.45) is 0 Å². The number of anilines is 1. The van der Waals surface area contributed by atoms with Crippen molar-refractivity contribution in [1.29, 1.82) is 0 Å². The lowest BCUT2D eigenvalue weighted by atomic mass is 9.98. The van der Waals surface area contributed by atoms with Crippen LogP contribution in [-0.4, -0.2) is 11.1 Å². The van der Waals surface area contributed by atoms with Gasteiger partial charge in [-0.05, 0) is 30.7 Å². The maximum Gasteiger partial charge on any atom is 0.296 e. The van der Waals surface area contributed by atoms with Gasteiger partial charge in [-0.3, -0.25) is 14.5 Å². The first-order chi connectivity index (χ1) is 13.5. The molecule has 1 amide bonds. The van der Waals surface area contributed by atoms with E-state index in [1.165, 1.54) is 17.0 Å². The third-order valence-electron chi connectivity index (χ3n) is 4.81. The molecule has 7 heteroatoms. The fourth-order valence-corrected chi connectivity index (χ4v) is 3.60. The van der Waals surface area contributed by atoms with Crippen molar-refractivity contribution in [3.63, 3.8) is 0 Å². The fourth-order valence-electron chi connectivity index (χ4n) is 3.60. The van der Waals surface area contributed by atoms with E-state index < -0.39 is 23.2 Å². The Morgan fingerprint density at radius 2 is 1.86 bits per heavy atom. The number of fused-ring (bicyclic) bond motifs is 2. The Labute approximate surface area is 157 Å². The van der Waals surface area contributed by atoms with Crippen molar-refractivity contribution >= 4 is 22.7 Å². The van der Waals surface area contributed by atoms with E-state index in [1.807, 2.05) is 30.3 Å². The van der Waals surface area contributed by atoms with Crippen LogP contribution in [0, 0.1) is 12.7 Å². The summed E-state index contributed by atoms with van der Waals surface area (Å²) < 4.78 is 24.6. The monoisotopic (exact) mass is 376 g/mol. The maximum atomic E-state index is 13.7. The van der Waals surface area contributed by atoms with E-state index in [1.54, 1.807) is 13.0 Å². The smallest absolute Gasteiger partial charge is 0.296 e. The zero-order valence-electron chi connectivity index (χ0n) is 14.7. The number of carbonyl (C=O) groups excluding carboxylic acids is 1. The summed E-state index contributed by atoms with van der Waals surface area (Å²) >= 11 is 0. The lowest BCUT2D eigenvalue weighted by molar-refractivity contribution is 0.0969. The Kier molecular flexibility index (Phi) is 3.45. The van der Waals surface area contributed by atoms with Crippen molar-refractivity contribution in [1.82, 2.24) is 5.16 Å². The number of benzene rings is 2. The van der Waals surface area contributed by atoms with Crippen LogP contribution in [0.1, 0.15) is 33.5 Å². The molecule has 28 heavy (non-hydrogen) atoms. The Morgan fingerprint density at radius 3 is 2.57 bits per heavy atom. The van der Waals surface area contributed by atoms with Gasteiger partial charge in [-0.25, -0.2) is 4.39 Å². The van der Waals surface area contributed by atoms with Gasteiger partial charge in [-0.2, -0.15) is 0 Å². The molecule has 0 radical (unpaired) electrons. The average molecular weight is 376 g/mol. The second-order valence-electron chi connectivity index (χ2n) is 6.60. The summed E-state index contributed by atoms with van der Waals surface area (Å²) in [4.78, 5) is 27.8. The summed E-state index contributed by atoms with van der Waals surface area (Å²) in [5.74, 6) is -0.321.